The standard InChI is InChI=1S/C25H24Cl2FN3O2/c1-32-23-12-16(14-29-11-5-10-25-30-21-8-2-3-9-22(21)31-25)19(27)13-24(23)33-15-17-18(26)6-4-7-20(17)28/h2-4,6-9,12-13,29H,5,10-11,14-15H2,1H3,(H,30,31). The van der Waals surface area contributed by atoms with Gasteiger partial charge in [-0.15, -0.1) is 0 Å². The van der Waals surface area contributed by atoms with Gasteiger partial charge >= 0.3 is 0 Å². The Hall–Kier alpha value is -2.80. The summed E-state index contributed by atoms with van der Waals surface area (Å²) in [6, 6.07) is 16.0. The van der Waals surface area contributed by atoms with Crippen molar-refractivity contribution in [3.05, 3.63) is 87.4 Å². The molecule has 0 amide bonds. The fraction of sp³-hybridized carbons (Fsp3) is 0.240. The Morgan fingerprint density at radius 1 is 1.03 bits per heavy atom. The van der Waals surface area contributed by atoms with Crippen LogP contribution >= 0.6 is 23.2 Å². The number of benzene rings is 3. The number of aryl methyl sites for hydroxylation is 1. The van der Waals surface area contributed by atoms with E-state index in [0.29, 0.717) is 28.1 Å². The van der Waals surface area contributed by atoms with Crippen LogP contribution in [0.2, 0.25) is 10.0 Å². The minimum atomic E-state index is -0.420. The van der Waals surface area contributed by atoms with Crippen LogP contribution in [0.3, 0.4) is 0 Å². The summed E-state index contributed by atoms with van der Waals surface area (Å²) in [7, 11) is 1.55. The predicted molar refractivity (Wildman–Crippen MR) is 130 cm³/mol. The first-order valence-corrected chi connectivity index (χ1v) is 11.4. The summed E-state index contributed by atoms with van der Waals surface area (Å²) in [4.78, 5) is 7.94. The van der Waals surface area contributed by atoms with Gasteiger partial charge in [-0.2, -0.15) is 0 Å². The highest BCUT2D eigenvalue weighted by atomic mass is 35.5. The van der Waals surface area contributed by atoms with Crippen LogP contribution in [-0.2, 0) is 19.6 Å². The first kappa shape index (κ1) is 23.4. The number of fused-ring (bicyclic) bond motifs is 1. The van der Waals surface area contributed by atoms with Crippen molar-refractivity contribution in [2.75, 3.05) is 13.7 Å². The summed E-state index contributed by atoms with van der Waals surface area (Å²) in [5, 5.41) is 4.25. The van der Waals surface area contributed by atoms with Crippen molar-refractivity contribution >= 4 is 34.2 Å². The Labute approximate surface area is 201 Å². The maximum absolute atomic E-state index is 14.0. The molecule has 0 aliphatic heterocycles. The number of halogens is 3. The number of nitrogens with one attached hydrogen (secondary N) is 2. The van der Waals surface area contributed by atoms with E-state index >= 15 is 0 Å². The molecule has 1 aromatic heterocycles. The van der Waals surface area contributed by atoms with Crippen molar-refractivity contribution in [2.45, 2.75) is 26.0 Å². The number of rotatable bonds is 10. The molecule has 1 heterocycles. The molecule has 0 bridgehead atoms. The zero-order valence-electron chi connectivity index (χ0n) is 18.1. The lowest BCUT2D eigenvalue weighted by Crippen LogP contribution is -2.16. The van der Waals surface area contributed by atoms with Gasteiger partial charge in [-0.1, -0.05) is 41.4 Å². The number of nitrogens with zero attached hydrogens (tertiary/aromatic N) is 1. The molecule has 2 N–H and O–H groups in total. The third-order valence-corrected chi connectivity index (χ3v) is 5.99. The molecule has 0 spiro atoms. The largest absolute Gasteiger partial charge is 0.493 e. The van der Waals surface area contributed by atoms with E-state index in [0.717, 1.165) is 41.8 Å². The molecule has 5 nitrogen and oxygen atoms in total. The van der Waals surface area contributed by atoms with E-state index in [-0.39, 0.29) is 12.2 Å². The van der Waals surface area contributed by atoms with Crippen LogP contribution in [0.15, 0.2) is 54.6 Å². The molecule has 4 aromatic rings. The minimum Gasteiger partial charge on any atom is -0.493 e. The average Bonchev–Trinajstić information content (AvgIpc) is 3.22. The zero-order chi connectivity index (χ0) is 23.2. The molecule has 0 aliphatic rings. The lowest BCUT2D eigenvalue weighted by molar-refractivity contribution is 0.279. The van der Waals surface area contributed by atoms with Gasteiger partial charge in [0.05, 0.1) is 23.2 Å². The molecule has 0 fully saturated rings. The van der Waals surface area contributed by atoms with Crippen LogP contribution in [-0.4, -0.2) is 23.6 Å². The van der Waals surface area contributed by atoms with Crippen molar-refractivity contribution in [1.82, 2.24) is 15.3 Å². The smallest absolute Gasteiger partial charge is 0.163 e. The molecule has 0 saturated carbocycles. The molecule has 172 valence electrons. The van der Waals surface area contributed by atoms with Crippen molar-refractivity contribution in [1.29, 1.82) is 0 Å². The van der Waals surface area contributed by atoms with Gasteiger partial charge in [-0.25, -0.2) is 9.37 Å². The monoisotopic (exact) mass is 487 g/mol. The molecule has 3 aromatic carbocycles. The van der Waals surface area contributed by atoms with Gasteiger partial charge in [0, 0.05) is 29.6 Å². The quantitative estimate of drug-likeness (QED) is 0.257. The molecule has 4 rings (SSSR count). The van der Waals surface area contributed by atoms with Crippen molar-refractivity contribution < 1.29 is 13.9 Å². The van der Waals surface area contributed by atoms with Crippen molar-refractivity contribution in [2.24, 2.45) is 0 Å². The molecule has 8 heteroatoms. The van der Waals surface area contributed by atoms with E-state index < -0.39 is 5.82 Å². The highest BCUT2D eigenvalue weighted by Crippen LogP contribution is 2.34. The minimum absolute atomic E-state index is 0.0302. The van der Waals surface area contributed by atoms with Crippen LogP contribution in [0.25, 0.3) is 11.0 Å². The summed E-state index contributed by atoms with van der Waals surface area (Å²) in [5.41, 5.74) is 3.21. The van der Waals surface area contributed by atoms with Gasteiger partial charge in [0.25, 0.3) is 0 Å². The fourth-order valence-corrected chi connectivity index (χ4v) is 3.97. The Balaban J connectivity index is 1.31. The highest BCUT2D eigenvalue weighted by molar-refractivity contribution is 6.31. The normalized spacial score (nSPS) is 11.2. The molecule has 0 saturated heterocycles. The van der Waals surface area contributed by atoms with Crippen LogP contribution in [0.1, 0.15) is 23.4 Å². The second kappa shape index (κ2) is 10.9. The first-order chi connectivity index (χ1) is 16.0. The van der Waals surface area contributed by atoms with E-state index in [4.69, 9.17) is 32.7 Å². The van der Waals surface area contributed by atoms with Gasteiger partial charge in [-0.05, 0) is 48.9 Å². The van der Waals surface area contributed by atoms with E-state index in [1.54, 1.807) is 25.3 Å². The Morgan fingerprint density at radius 2 is 1.88 bits per heavy atom. The number of methoxy groups -OCH3 is 1. The topological polar surface area (TPSA) is 59.2 Å². The molecule has 0 aliphatic carbocycles. The van der Waals surface area contributed by atoms with E-state index in [1.807, 2.05) is 30.3 Å². The molecular weight excluding hydrogens is 464 g/mol. The molecule has 0 unspecified atom stereocenters. The summed E-state index contributed by atoms with van der Waals surface area (Å²) < 4.78 is 25.2. The number of hydrogen-bond donors (Lipinski definition) is 2. The van der Waals surface area contributed by atoms with Crippen molar-refractivity contribution in [3.8, 4) is 11.5 Å². The maximum atomic E-state index is 14.0. The summed E-state index contributed by atoms with van der Waals surface area (Å²) in [6.45, 7) is 1.35. The summed E-state index contributed by atoms with van der Waals surface area (Å²) >= 11 is 12.5. The SMILES string of the molecule is COc1cc(CNCCCc2nc3ccccc3[nH]2)c(Cl)cc1OCc1c(F)cccc1Cl. The van der Waals surface area contributed by atoms with Gasteiger partial charge < -0.3 is 19.8 Å². The van der Waals surface area contributed by atoms with E-state index in [1.165, 1.54) is 6.07 Å². The first-order valence-electron chi connectivity index (χ1n) is 10.6. The molecule has 0 radical (unpaired) electrons. The zero-order valence-corrected chi connectivity index (χ0v) is 19.6. The Kier molecular flexibility index (Phi) is 7.70. The molecule has 0 atom stereocenters. The van der Waals surface area contributed by atoms with Gasteiger partial charge in [0.1, 0.15) is 18.2 Å². The number of aromatic nitrogens is 2. The Bertz CT molecular complexity index is 1190. The van der Waals surface area contributed by atoms with Gasteiger partial charge in [0.15, 0.2) is 11.5 Å². The van der Waals surface area contributed by atoms with Crippen LogP contribution in [0, 0.1) is 5.82 Å². The van der Waals surface area contributed by atoms with Crippen LogP contribution in [0.5, 0.6) is 11.5 Å². The second-order valence-electron chi connectivity index (χ2n) is 7.56. The third kappa shape index (κ3) is 5.77. The number of H-pyrrole nitrogens is 1. The second-order valence-corrected chi connectivity index (χ2v) is 8.38. The maximum Gasteiger partial charge on any atom is 0.163 e. The number of aromatic amines is 1. The number of imidazole rings is 1. The number of ether oxygens (including phenoxy) is 2. The predicted octanol–water partition coefficient (Wildman–Crippen LogP) is 6.32. The third-order valence-electron chi connectivity index (χ3n) is 5.29. The van der Waals surface area contributed by atoms with E-state index in [9.17, 15) is 4.39 Å². The number of hydrogen-bond acceptors (Lipinski definition) is 4. The van der Waals surface area contributed by atoms with Crippen molar-refractivity contribution in [3.63, 3.8) is 0 Å². The number of para-hydroxylation sites is 2. The summed E-state index contributed by atoms with van der Waals surface area (Å²) in [5.74, 6) is 1.51. The van der Waals surface area contributed by atoms with Gasteiger partial charge in [-0.3, -0.25) is 0 Å². The van der Waals surface area contributed by atoms with Gasteiger partial charge in [0.2, 0.25) is 0 Å². The average molecular weight is 488 g/mol. The lowest BCUT2D eigenvalue weighted by Gasteiger charge is -2.15. The summed E-state index contributed by atoms with van der Waals surface area (Å²) in [6.07, 6.45) is 1.78. The van der Waals surface area contributed by atoms with Crippen LogP contribution < -0.4 is 14.8 Å². The highest BCUT2D eigenvalue weighted by Gasteiger charge is 2.13. The van der Waals surface area contributed by atoms with Crippen LogP contribution in [0.4, 0.5) is 4.39 Å². The molecular formula is C25H24Cl2FN3O2. The Morgan fingerprint density at radius 3 is 2.67 bits per heavy atom. The molecule has 33 heavy (non-hydrogen) atoms. The fourth-order valence-electron chi connectivity index (χ4n) is 3.53. The van der Waals surface area contributed by atoms with E-state index in [2.05, 4.69) is 15.3 Å². The lowest BCUT2D eigenvalue weighted by atomic mass is 10.2.